The topological polar surface area (TPSA) is 52.6 Å². The SMILES string of the molecule is CCC1CCC(C(=O)Oc2ccc(OC(=O)C3CCC(CC)CC3)cc2)CC1. The van der Waals surface area contributed by atoms with Gasteiger partial charge in [0.15, 0.2) is 0 Å². The van der Waals surface area contributed by atoms with E-state index in [-0.39, 0.29) is 23.8 Å². The normalized spacial score (nSPS) is 27.8. The van der Waals surface area contributed by atoms with Crippen molar-refractivity contribution in [1.82, 2.24) is 0 Å². The summed E-state index contributed by atoms with van der Waals surface area (Å²) >= 11 is 0. The summed E-state index contributed by atoms with van der Waals surface area (Å²) in [5.74, 6) is 2.32. The molecule has 1 aromatic rings. The molecule has 2 saturated carbocycles. The average molecular weight is 387 g/mol. The number of ether oxygens (including phenoxy) is 2. The molecule has 3 rings (SSSR count). The molecule has 0 saturated heterocycles. The molecule has 4 nitrogen and oxygen atoms in total. The van der Waals surface area contributed by atoms with Gasteiger partial charge in [-0.1, -0.05) is 26.7 Å². The highest BCUT2D eigenvalue weighted by atomic mass is 16.5. The molecule has 0 bridgehead atoms. The van der Waals surface area contributed by atoms with Crippen molar-refractivity contribution in [3.8, 4) is 11.5 Å². The predicted molar refractivity (Wildman–Crippen MR) is 109 cm³/mol. The standard InChI is InChI=1S/C24H34O4/c1-3-17-5-9-19(10-6-17)23(25)27-21-13-15-22(16-14-21)28-24(26)20-11-7-18(4-2)8-12-20/h13-20H,3-12H2,1-2H3. The maximum Gasteiger partial charge on any atom is 0.314 e. The number of esters is 2. The van der Waals surface area contributed by atoms with E-state index >= 15 is 0 Å². The van der Waals surface area contributed by atoms with Crippen molar-refractivity contribution in [1.29, 1.82) is 0 Å². The van der Waals surface area contributed by atoms with E-state index in [1.54, 1.807) is 24.3 Å². The highest BCUT2D eigenvalue weighted by Crippen LogP contribution is 2.33. The summed E-state index contributed by atoms with van der Waals surface area (Å²) in [5.41, 5.74) is 0. The Morgan fingerprint density at radius 3 is 1.29 bits per heavy atom. The van der Waals surface area contributed by atoms with Gasteiger partial charge in [0.1, 0.15) is 11.5 Å². The molecule has 4 heteroatoms. The van der Waals surface area contributed by atoms with Gasteiger partial charge in [0, 0.05) is 0 Å². The molecule has 0 aromatic heterocycles. The highest BCUT2D eigenvalue weighted by Gasteiger charge is 2.28. The van der Waals surface area contributed by atoms with Crippen molar-refractivity contribution < 1.29 is 19.1 Å². The van der Waals surface area contributed by atoms with E-state index in [0.717, 1.165) is 63.2 Å². The first-order valence-electron chi connectivity index (χ1n) is 11.1. The zero-order valence-corrected chi connectivity index (χ0v) is 17.3. The van der Waals surface area contributed by atoms with Gasteiger partial charge < -0.3 is 9.47 Å². The lowest BCUT2D eigenvalue weighted by Crippen LogP contribution is -2.26. The summed E-state index contributed by atoms with van der Waals surface area (Å²) < 4.78 is 11.1. The number of benzene rings is 1. The molecule has 0 spiro atoms. The molecule has 0 N–H and O–H groups in total. The first kappa shape index (κ1) is 20.9. The maximum atomic E-state index is 12.4. The maximum absolute atomic E-state index is 12.4. The van der Waals surface area contributed by atoms with Crippen LogP contribution in [0.25, 0.3) is 0 Å². The van der Waals surface area contributed by atoms with Crippen molar-refractivity contribution >= 4 is 11.9 Å². The molecule has 2 aliphatic carbocycles. The first-order valence-corrected chi connectivity index (χ1v) is 11.1. The van der Waals surface area contributed by atoms with Crippen LogP contribution < -0.4 is 9.47 Å². The molecule has 0 unspecified atom stereocenters. The quantitative estimate of drug-likeness (QED) is 0.449. The van der Waals surface area contributed by atoms with Crippen molar-refractivity contribution in [3.63, 3.8) is 0 Å². The smallest absolute Gasteiger partial charge is 0.314 e. The Labute approximate surface area is 169 Å². The monoisotopic (exact) mass is 386 g/mol. The third kappa shape index (κ3) is 5.59. The largest absolute Gasteiger partial charge is 0.426 e. The molecular formula is C24H34O4. The predicted octanol–water partition coefficient (Wildman–Crippen LogP) is 5.93. The van der Waals surface area contributed by atoms with E-state index in [1.807, 2.05) is 0 Å². The third-order valence-electron chi connectivity index (χ3n) is 6.78. The summed E-state index contributed by atoms with van der Waals surface area (Å²) in [4.78, 5) is 24.8. The fourth-order valence-electron chi connectivity index (χ4n) is 4.59. The zero-order valence-electron chi connectivity index (χ0n) is 17.3. The van der Waals surface area contributed by atoms with Crippen LogP contribution in [0, 0.1) is 23.7 Å². The molecule has 0 radical (unpaired) electrons. The molecular weight excluding hydrogens is 352 g/mol. The van der Waals surface area contributed by atoms with Gasteiger partial charge in [0.05, 0.1) is 11.8 Å². The van der Waals surface area contributed by atoms with Crippen LogP contribution in [0.5, 0.6) is 11.5 Å². The summed E-state index contributed by atoms with van der Waals surface area (Å²) in [7, 11) is 0. The Hall–Kier alpha value is -1.84. The van der Waals surface area contributed by atoms with Gasteiger partial charge in [-0.3, -0.25) is 9.59 Å². The minimum atomic E-state index is -0.132. The fourth-order valence-corrected chi connectivity index (χ4v) is 4.59. The molecule has 1 aromatic carbocycles. The van der Waals surface area contributed by atoms with Crippen molar-refractivity contribution in [2.45, 2.75) is 78.1 Å². The number of rotatable bonds is 6. The van der Waals surface area contributed by atoms with Gasteiger partial charge in [0.25, 0.3) is 0 Å². The molecule has 0 aliphatic heterocycles. The van der Waals surface area contributed by atoms with Crippen LogP contribution in [-0.4, -0.2) is 11.9 Å². The summed E-state index contributed by atoms with van der Waals surface area (Å²) in [6.07, 6.45) is 10.6. The average Bonchev–Trinajstić information content (AvgIpc) is 2.75. The van der Waals surface area contributed by atoms with Crippen LogP contribution >= 0.6 is 0 Å². The first-order chi connectivity index (χ1) is 13.6. The lowest BCUT2D eigenvalue weighted by molar-refractivity contribution is -0.141. The molecule has 2 aliphatic rings. The lowest BCUT2D eigenvalue weighted by Gasteiger charge is -2.26. The number of hydrogen-bond acceptors (Lipinski definition) is 4. The minimum Gasteiger partial charge on any atom is -0.426 e. The van der Waals surface area contributed by atoms with Gasteiger partial charge in [-0.15, -0.1) is 0 Å². The van der Waals surface area contributed by atoms with Crippen molar-refractivity contribution in [2.24, 2.45) is 23.7 Å². The van der Waals surface area contributed by atoms with Gasteiger partial charge in [-0.05, 0) is 87.5 Å². The summed E-state index contributed by atoms with van der Waals surface area (Å²) in [5, 5.41) is 0. The van der Waals surface area contributed by atoms with E-state index in [2.05, 4.69) is 13.8 Å². The van der Waals surface area contributed by atoms with E-state index in [1.165, 1.54) is 12.8 Å². The minimum absolute atomic E-state index is 0.0125. The fraction of sp³-hybridized carbons (Fsp3) is 0.667. The summed E-state index contributed by atoms with van der Waals surface area (Å²) in [6, 6.07) is 6.86. The van der Waals surface area contributed by atoms with Gasteiger partial charge in [-0.2, -0.15) is 0 Å². The molecule has 0 heterocycles. The summed E-state index contributed by atoms with van der Waals surface area (Å²) in [6.45, 7) is 4.43. The zero-order chi connectivity index (χ0) is 19.9. The van der Waals surface area contributed by atoms with Gasteiger partial charge in [0.2, 0.25) is 0 Å². The molecule has 0 amide bonds. The molecule has 0 atom stereocenters. The Morgan fingerprint density at radius 2 is 1.00 bits per heavy atom. The highest BCUT2D eigenvalue weighted by molar-refractivity contribution is 5.76. The number of hydrogen-bond donors (Lipinski definition) is 0. The molecule has 154 valence electrons. The van der Waals surface area contributed by atoms with Crippen LogP contribution in [0.1, 0.15) is 78.1 Å². The van der Waals surface area contributed by atoms with Crippen LogP contribution in [0.4, 0.5) is 0 Å². The van der Waals surface area contributed by atoms with E-state index in [0.29, 0.717) is 11.5 Å². The lowest BCUT2D eigenvalue weighted by atomic mass is 9.81. The van der Waals surface area contributed by atoms with Gasteiger partial charge >= 0.3 is 11.9 Å². The van der Waals surface area contributed by atoms with Crippen LogP contribution in [-0.2, 0) is 9.59 Å². The second-order valence-corrected chi connectivity index (χ2v) is 8.57. The van der Waals surface area contributed by atoms with Crippen molar-refractivity contribution in [3.05, 3.63) is 24.3 Å². The van der Waals surface area contributed by atoms with E-state index < -0.39 is 0 Å². The Balaban J connectivity index is 1.46. The van der Waals surface area contributed by atoms with Gasteiger partial charge in [-0.25, -0.2) is 0 Å². The van der Waals surface area contributed by atoms with Crippen LogP contribution in [0.3, 0.4) is 0 Å². The van der Waals surface area contributed by atoms with Crippen LogP contribution in [0.2, 0.25) is 0 Å². The van der Waals surface area contributed by atoms with Crippen molar-refractivity contribution in [2.75, 3.05) is 0 Å². The number of carbonyl (C=O) groups is 2. The third-order valence-corrected chi connectivity index (χ3v) is 6.78. The van der Waals surface area contributed by atoms with E-state index in [9.17, 15) is 9.59 Å². The second-order valence-electron chi connectivity index (χ2n) is 8.57. The Kier molecular flexibility index (Phi) is 7.52. The number of carbonyl (C=O) groups excluding carboxylic acids is 2. The Morgan fingerprint density at radius 1 is 0.679 bits per heavy atom. The van der Waals surface area contributed by atoms with Crippen LogP contribution in [0.15, 0.2) is 24.3 Å². The second kappa shape index (κ2) is 10.1. The molecule has 2 fully saturated rings. The van der Waals surface area contributed by atoms with E-state index in [4.69, 9.17) is 9.47 Å². The molecule has 28 heavy (non-hydrogen) atoms. The Bertz CT molecular complexity index is 578.